The summed E-state index contributed by atoms with van der Waals surface area (Å²) in [6, 6.07) is 14.3. The molecule has 1 heterocycles. The Morgan fingerprint density at radius 1 is 0.676 bits per heavy atom. The second-order valence-electron chi connectivity index (χ2n) is 8.67. The second kappa shape index (κ2) is 12.1. The lowest BCUT2D eigenvalue weighted by molar-refractivity contribution is 0.0438. The molecule has 0 spiro atoms. The Hall–Kier alpha value is -3.54. The molecule has 34 heavy (non-hydrogen) atoms. The molecule has 6 heteroatoms. The summed E-state index contributed by atoms with van der Waals surface area (Å²) in [6.45, 7) is 9.08. The van der Waals surface area contributed by atoms with E-state index in [0.717, 1.165) is 29.5 Å². The zero-order valence-corrected chi connectivity index (χ0v) is 20.3. The molecule has 3 rings (SSSR count). The summed E-state index contributed by atoms with van der Waals surface area (Å²) in [7, 11) is 0. The van der Waals surface area contributed by atoms with E-state index in [1.807, 2.05) is 24.3 Å². The van der Waals surface area contributed by atoms with Crippen molar-refractivity contribution in [1.29, 1.82) is 0 Å². The highest BCUT2D eigenvalue weighted by atomic mass is 16.5. The van der Waals surface area contributed by atoms with E-state index < -0.39 is 0 Å². The predicted octanol–water partition coefficient (Wildman–Crippen LogP) is 6.22. The zero-order valence-electron chi connectivity index (χ0n) is 20.3. The zero-order chi connectivity index (χ0) is 24.5. The van der Waals surface area contributed by atoms with E-state index in [0.29, 0.717) is 42.0 Å². The fourth-order valence-electron chi connectivity index (χ4n) is 3.02. The van der Waals surface area contributed by atoms with Gasteiger partial charge in [-0.15, -0.1) is 0 Å². The highest BCUT2D eigenvalue weighted by Gasteiger charge is 2.12. The van der Waals surface area contributed by atoms with Crippen LogP contribution >= 0.6 is 0 Å². The molecule has 0 unspecified atom stereocenters. The summed E-state index contributed by atoms with van der Waals surface area (Å²) in [4.78, 5) is 33.3. The van der Waals surface area contributed by atoms with Crippen molar-refractivity contribution in [3.05, 3.63) is 72.1 Å². The monoisotopic (exact) mass is 460 g/mol. The van der Waals surface area contributed by atoms with Crippen LogP contribution in [0.5, 0.6) is 0 Å². The molecule has 0 aliphatic rings. The maximum Gasteiger partial charge on any atom is 0.338 e. The second-order valence-corrected chi connectivity index (χ2v) is 8.67. The molecule has 6 nitrogen and oxygen atoms in total. The minimum Gasteiger partial charge on any atom is -0.462 e. The van der Waals surface area contributed by atoms with Gasteiger partial charge in [0.05, 0.1) is 24.3 Å². The van der Waals surface area contributed by atoms with Crippen molar-refractivity contribution in [2.45, 2.75) is 40.5 Å². The maximum absolute atomic E-state index is 12.2. The normalized spacial score (nSPS) is 12.6. The average molecular weight is 461 g/mol. The van der Waals surface area contributed by atoms with E-state index in [1.165, 1.54) is 0 Å². The van der Waals surface area contributed by atoms with Gasteiger partial charge in [0, 0.05) is 23.5 Å². The number of carbonyl (C=O) groups excluding carboxylic acids is 2. The molecule has 0 radical (unpaired) electrons. The largest absolute Gasteiger partial charge is 0.462 e. The summed E-state index contributed by atoms with van der Waals surface area (Å²) in [5.41, 5.74) is 3.58. The van der Waals surface area contributed by atoms with E-state index in [1.54, 1.807) is 36.7 Å². The molecule has 0 aliphatic heterocycles. The lowest BCUT2D eigenvalue weighted by Gasteiger charge is -2.10. The van der Waals surface area contributed by atoms with Crippen molar-refractivity contribution in [3.8, 4) is 22.5 Å². The third-order valence-corrected chi connectivity index (χ3v) is 5.88. The van der Waals surface area contributed by atoms with Gasteiger partial charge in [-0.2, -0.15) is 0 Å². The summed E-state index contributed by atoms with van der Waals surface area (Å²) in [5, 5.41) is 0. The first-order valence-corrected chi connectivity index (χ1v) is 11.8. The molecule has 0 fully saturated rings. The number of aromatic nitrogens is 2. The quantitative estimate of drug-likeness (QED) is 0.334. The summed E-state index contributed by atoms with van der Waals surface area (Å²) in [6.07, 6.45) is 5.42. The fraction of sp³-hybridized carbons (Fsp3) is 0.357. The Balaban J connectivity index is 1.62. The Morgan fingerprint density at radius 3 is 1.50 bits per heavy atom. The Kier molecular flexibility index (Phi) is 8.91. The van der Waals surface area contributed by atoms with Crippen LogP contribution in [0.4, 0.5) is 0 Å². The third-order valence-electron chi connectivity index (χ3n) is 5.88. The summed E-state index contributed by atoms with van der Waals surface area (Å²) >= 11 is 0. The first-order valence-electron chi connectivity index (χ1n) is 11.8. The molecule has 0 amide bonds. The molecule has 0 bridgehead atoms. The van der Waals surface area contributed by atoms with Gasteiger partial charge in [0.1, 0.15) is 0 Å². The molecule has 0 saturated heterocycles. The molecule has 1 aromatic heterocycles. The van der Waals surface area contributed by atoms with Gasteiger partial charge >= 0.3 is 11.9 Å². The Morgan fingerprint density at radius 2 is 1.09 bits per heavy atom. The van der Waals surface area contributed by atoms with E-state index >= 15 is 0 Å². The summed E-state index contributed by atoms with van der Waals surface area (Å²) in [5.74, 6) is 0.614. The van der Waals surface area contributed by atoms with Crippen molar-refractivity contribution in [3.63, 3.8) is 0 Å². The van der Waals surface area contributed by atoms with Gasteiger partial charge in [-0.25, -0.2) is 19.6 Å². The molecule has 178 valence electrons. The molecular weight excluding hydrogens is 428 g/mol. The van der Waals surface area contributed by atoms with Crippen LogP contribution in [-0.2, 0) is 9.47 Å². The minimum absolute atomic E-state index is 0.314. The molecule has 0 N–H and O–H groups in total. The highest BCUT2D eigenvalue weighted by Crippen LogP contribution is 2.22. The van der Waals surface area contributed by atoms with Crippen molar-refractivity contribution in [2.75, 3.05) is 13.2 Å². The van der Waals surface area contributed by atoms with Gasteiger partial charge in [-0.3, -0.25) is 0 Å². The third kappa shape index (κ3) is 6.73. The maximum atomic E-state index is 12.2. The first-order chi connectivity index (χ1) is 16.4. The SMILES string of the molecule is CC[C@H](C)COC(=O)c1ccc(-c2cnc(-c3ccc(C(=O)OC[C@@H](C)CC)cc3)nc2)cc1. The lowest BCUT2D eigenvalue weighted by atomic mass is 10.1. The van der Waals surface area contributed by atoms with Crippen LogP contribution in [0.2, 0.25) is 0 Å². The number of hydrogen-bond acceptors (Lipinski definition) is 6. The van der Waals surface area contributed by atoms with Crippen LogP contribution in [0.1, 0.15) is 61.3 Å². The minimum atomic E-state index is -0.324. The molecule has 2 aromatic carbocycles. The van der Waals surface area contributed by atoms with E-state index in [4.69, 9.17) is 9.47 Å². The van der Waals surface area contributed by atoms with Crippen molar-refractivity contribution in [2.24, 2.45) is 11.8 Å². The van der Waals surface area contributed by atoms with Crippen LogP contribution < -0.4 is 0 Å². The van der Waals surface area contributed by atoms with Crippen molar-refractivity contribution in [1.82, 2.24) is 9.97 Å². The molecule has 2 atom stereocenters. The highest BCUT2D eigenvalue weighted by molar-refractivity contribution is 5.90. The van der Waals surface area contributed by atoms with Crippen LogP contribution in [-0.4, -0.2) is 35.1 Å². The predicted molar refractivity (Wildman–Crippen MR) is 132 cm³/mol. The van der Waals surface area contributed by atoms with Gasteiger partial charge in [-0.05, 0) is 41.7 Å². The van der Waals surface area contributed by atoms with E-state index in [2.05, 4.69) is 37.7 Å². The van der Waals surface area contributed by atoms with Gasteiger partial charge in [0.15, 0.2) is 5.82 Å². The lowest BCUT2D eigenvalue weighted by Crippen LogP contribution is -2.11. The van der Waals surface area contributed by atoms with Crippen LogP contribution in [0.25, 0.3) is 22.5 Å². The van der Waals surface area contributed by atoms with Gasteiger partial charge in [0.2, 0.25) is 0 Å². The van der Waals surface area contributed by atoms with Gasteiger partial charge in [0.25, 0.3) is 0 Å². The Bertz CT molecular complexity index is 988. The number of esters is 2. The van der Waals surface area contributed by atoms with Gasteiger partial charge < -0.3 is 9.47 Å². The van der Waals surface area contributed by atoms with Crippen LogP contribution in [0.3, 0.4) is 0 Å². The van der Waals surface area contributed by atoms with Crippen LogP contribution in [0, 0.1) is 11.8 Å². The molecule has 0 saturated carbocycles. The standard InChI is InChI=1S/C28H32N2O4/c1-5-19(3)17-33-27(31)23-11-7-21(8-12-23)25-15-29-26(30-16-25)22-9-13-24(14-10-22)28(32)34-18-20(4)6-2/h7-16,19-20H,5-6,17-18H2,1-4H3/t19-,20-/m0/s1. The molecule has 3 aromatic rings. The van der Waals surface area contributed by atoms with Gasteiger partial charge in [-0.1, -0.05) is 64.8 Å². The smallest absolute Gasteiger partial charge is 0.338 e. The first kappa shape index (κ1) is 25.1. The molecule has 0 aliphatic carbocycles. The van der Waals surface area contributed by atoms with Crippen molar-refractivity contribution < 1.29 is 19.1 Å². The van der Waals surface area contributed by atoms with Crippen LogP contribution in [0.15, 0.2) is 60.9 Å². The molecular formula is C28H32N2O4. The topological polar surface area (TPSA) is 78.4 Å². The number of ether oxygens (including phenoxy) is 2. The summed E-state index contributed by atoms with van der Waals surface area (Å²) < 4.78 is 10.7. The average Bonchev–Trinajstić information content (AvgIpc) is 2.90. The number of rotatable bonds is 10. The van der Waals surface area contributed by atoms with E-state index in [-0.39, 0.29) is 11.9 Å². The number of hydrogen-bond donors (Lipinski definition) is 0. The van der Waals surface area contributed by atoms with E-state index in [9.17, 15) is 9.59 Å². The van der Waals surface area contributed by atoms with Crippen molar-refractivity contribution >= 4 is 11.9 Å². The number of nitrogens with zero attached hydrogens (tertiary/aromatic N) is 2. The fourth-order valence-corrected chi connectivity index (χ4v) is 3.02. The Labute approximate surface area is 201 Å². The number of benzene rings is 2. The number of carbonyl (C=O) groups is 2.